The molecule has 42 heavy (non-hydrogen) atoms. The summed E-state index contributed by atoms with van der Waals surface area (Å²) in [7, 11) is 0. The van der Waals surface area contributed by atoms with Gasteiger partial charge >= 0.3 is 11.9 Å². The van der Waals surface area contributed by atoms with Crippen LogP contribution in [0, 0.1) is 0 Å². The van der Waals surface area contributed by atoms with Gasteiger partial charge in [0.05, 0.1) is 0 Å². The van der Waals surface area contributed by atoms with Gasteiger partial charge < -0.3 is 20.8 Å². The van der Waals surface area contributed by atoms with Crippen molar-refractivity contribution in [3.8, 4) is 0 Å². The number of aliphatic carboxylic acids is 2. The van der Waals surface area contributed by atoms with Crippen molar-refractivity contribution in [1.29, 1.82) is 0 Å². The molecule has 0 bridgehead atoms. The summed E-state index contributed by atoms with van der Waals surface area (Å²) in [5.74, 6) is -4.19. The van der Waals surface area contributed by atoms with Crippen LogP contribution in [0.4, 0.5) is 11.4 Å². The van der Waals surface area contributed by atoms with E-state index in [1.54, 1.807) is 36.4 Å². The van der Waals surface area contributed by atoms with Crippen LogP contribution in [-0.4, -0.2) is 45.5 Å². The van der Waals surface area contributed by atoms with Crippen LogP contribution >= 0.6 is 0 Å². The number of carboxylic acids is 2. The molecule has 0 atom stereocenters. The summed E-state index contributed by atoms with van der Waals surface area (Å²) < 4.78 is 0. The fraction of sp³-hybridized carbons (Fsp3) is 0. The van der Waals surface area contributed by atoms with Gasteiger partial charge in [-0.15, -0.1) is 0 Å². The molecule has 3 aromatic carbocycles. The molecule has 0 heterocycles. The third kappa shape index (κ3) is 10.2. The number of carbonyl (C=O) groups excluding carboxylic acids is 4. The zero-order valence-electron chi connectivity index (χ0n) is 21.9. The summed E-state index contributed by atoms with van der Waals surface area (Å²) in [5.41, 5.74) is 3.13. The summed E-state index contributed by atoms with van der Waals surface area (Å²) in [6.45, 7) is 0. The first-order chi connectivity index (χ1) is 20.1. The topological polar surface area (TPSA) is 167 Å². The Labute approximate surface area is 240 Å². The van der Waals surface area contributed by atoms with E-state index in [0.717, 1.165) is 35.4 Å². The molecule has 0 unspecified atom stereocenters. The number of anilines is 2. The average Bonchev–Trinajstić information content (AvgIpc) is 2.98. The van der Waals surface area contributed by atoms with Crippen molar-refractivity contribution in [1.82, 2.24) is 0 Å². The smallest absolute Gasteiger partial charge is 0.328 e. The summed E-state index contributed by atoms with van der Waals surface area (Å²) in [6, 6.07) is 19.4. The van der Waals surface area contributed by atoms with Gasteiger partial charge in [-0.05, 0) is 71.8 Å². The van der Waals surface area contributed by atoms with Crippen molar-refractivity contribution in [2.24, 2.45) is 0 Å². The van der Waals surface area contributed by atoms with Gasteiger partial charge in [-0.3, -0.25) is 19.2 Å². The lowest BCUT2D eigenvalue weighted by molar-refractivity contribution is -0.132. The molecule has 3 rings (SSSR count). The Bertz CT molecular complexity index is 1490. The molecule has 0 radical (unpaired) electrons. The van der Waals surface area contributed by atoms with Gasteiger partial charge in [-0.25, -0.2) is 9.59 Å². The Balaban J connectivity index is 1.52. The van der Waals surface area contributed by atoms with Crippen LogP contribution in [0.3, 0.4) is 0 Å². The Kier molecular flexibility index (Phi) is 10.7. The van der Waals surface area contributed by atoms with E-state index in [-0.39, 0.29) is 11.6 Å². The number of rotatable bonds is 12. The fourth-order valence-corrected chi connectivity index (χ4v) is 3.35. The average molecular weight is 565 g/mol. The van der Waals surface area contributed by atoms with Gasteiger partial charge in [0.2, 0.25) is 11.8 Å². The normalized spacial score (nSPS) is 11.2. The van der Waals surface area contributed by atoms with Crippen molar-refractivity contribution < 1.29 is 39.0 Å². The Hall–Kier alpha value is -6.16. The van der Waals surface area contributed by atoms with Crippen molar-refractivity contribution in [3.05, 3.63) is 132 Å². The van der Waals surface area contributed by atoms with Crippen LogP contribution in [-0.2, 0) is 19.2 Å². The first kappa shape index (κ1) is 30.4. The molecule has 0 aliphatic rings. The minimum atomic E-state index is -1.24. The van der Waals surface area contributed by atoms with E-state index in [1.165, 1.54) is 60.7 Å². The van der Waals surface area contributed by atoms with E-state index in [1.807, 2.05) is 0 Å². The molecule has 2 amide bonds. The van der Waals surface area contributed by atoms with Crippen LogP contribution in [0.5, 0.6) is 0 Å². The largest absolute Gasteiger partial charge is 0.478 e. The highest BCUT2D eigenvalue weighted by Gasteiger charge is 2.05. The van der Waals surface area contributed by atoms with E-state index in [2.05, 4.69) is 10.6 Å². The highest BCUT2D eigenvalue weighted by molar-refractivity contribution is 6.08. The number of carbonyl (C=O) groups is 6. The minimum absolute atomic E-state index is 0.254. The molecule has 0 saturated heterocycles. The van der Waals surface area contributed by atoms with E-state index in [4.69, 9.17) is 10.2 Å². The van der Waals surface area contributed by atoms with Crippen molar-refractivity contribution in [3.63, 3.8) is 0 Å². The predicted octanol–water partition coefficient (Wildman–Crippen LogP) is 4.64. The predicted molar refractivity (Wildman–Crippen MR) is 157 cm³/mol. The highest BCUT2D eigenvalue weighted by atomic mass is 16.4. The molecule has 0 saturated carbocycles. The summed E-state index contributed by atoms with van der Waals surface area (Å²) in [5, 5.41) is 22.1. The molecule has 210 valence electrons. The lowest BCUT2D eigenvalue weighted by atomic mass is 10.1. The number of hydrogen-bond acceptors (Lipinski definition) is 6. The second-order valence-corrected chi connectivity index (χ2v) is 8.54. The molecular weight excluding hydrogens is 540 g/mol. The van der Waals surface area contributed by atoms with Crippen molar-refractivity contribution in [2.45, 2.75) is 0 Å². The summed E-state index contributed by atoms with van der Waals surface area (Å²) in [4.78, 5) is 69.2. The molecular formula is C32H24N2O8. The molecule has 3 aromatic rings. The van der Waals surface area contributed by atoms with Crippen molar-refractivity contribution >= 4 is 58.8 Å². The van der Waals surface area contributed by atoms with E-state index in [9.17, 15) is 28.8 Å². The maximum atomic E-state index is 12.5. The van der Waals surface area contributed by atoms with Crippen LogP contribution in [0.2, 0.25) is 0 Å². The number of ketones is 2. The first-order valence-electron chi connectivity index (χ1n) is 12.3. The van der Waals surface area contributed by atoms with Crippen LogP contribution in [0.1, 0.15) is 31.8 Å². The Morgan fingerprint density at radius 1 is 0.452 bits per heavy atom. The van der Waals surface area contributed by atoms with E-state index < -0.39 is 23.8 Å². The van der Waals surface area contributed by atoms with Gasteiger partial charge in [-0.2, -0.15) is 0 Å². The number of carboxylic acid groups (broad SMARTS) is 2. The maximum Gasteiger partial charge on any atom is 0.328 e. The molecule has 10 heteroatoms. The van der Waals surface area contributed by atoms with Gasteiger partial charge in [-0.1, -0.05) is 36.4 Å². The third-order valence-electron chi connectivity index (χ3n) is 5.42. The SMILES string of the molecule is O=C(O)/C=C\C(=O)Nc1ccc(C(=O)/C=C\c2ccc(/C=C/C(=O)c3ccc(NC(=O)/C=C/C(=O)O)cc3)cc2)cc1. The van der Waals surface area contributed by atoms with Crippen LogP contribution in [0.15, 0.2) is 109 Å². The second-order valence-electron chi connectivity index (χ2n) is 8.54. The first-order valence-corrected chi connectivity index (χ1v) is 12.3. The molecule has 0 aliphatic carbocycles. The summed E-state index contributed by atoms with van der Waals surface area (Å²) >= 11 is 0. The number of benzene rings is 3. The molecule has 10 nitrogen and oxygen atoms in total. The Morgan fingerprint density at radius 3 is 1.10 bits per heavy atom. The zero-order valence-corrected chi connectivity index (χ0v) is 21.9. The Morgan fingerprint density at radius 2 is 0.786 bits per heavy atom. The molecule has 4 N–H and O–H groups in total. The number of amides is 2. The molecule has 0 spiro atoms. The third-order valence-corrected chi connectivity index (χ3v) is 5.42. The highest BCUT2D eigenvalue weighted by Crippen LogP contribution is 2.14. The zero-order chi connectivity index (χ0) is 30.5. The number of hydrogen-bond donors (Lipinski definition) is 4. The van der Waals surface area contributed by atoms with E-state index >= 15 is 0 Å². The lowest BCUT2D eigenvalue weighted by Gasteiger charge is -2.03. The number of allylic oxidation sites excluding steroid dienone is 2. The molecule has 0 fully saturated rings. The van der Waals surface area contributed by atoms with Gasteiger partial charge in [0.1, 0.15) is 0 Å². The van der Waals surface area contributed by atoms with E-state index in [0.29, 0.717) is 22.5 Å². The van der Waals surface area contributed by atoms with Crippen LogP contribution < -0.4 is 10.6 Å². The number of nitrogens with one attached hydrogen (secondary N) is 2. The second kappa shape index (κ2) is 14.8. The molecule has 0 aliphatic heterocycles. The summed E-state index contributed by atoms with van der Waals surface area (Å²) in [6.07, 6.45) is 9.33. The maximum absolute atomic E-state index is 12.5. The van der Waals surface area contributed by atoms with Gasteiger partial charge in [0.25, 0.3) is 0 Å². The monoisotopic (exact) mass is 564 g/mol. The van der Waals surface area contributed by atoms with Crippen LogP contribution in [0.25, 0.3) is 12.2 Å². The fourth-order valence-electron chi connectivity index (χ4n) is 3.35. The lowest BCUT2D eigenvalue weighted by Crippen LogP contribution is -2.08. The van der Waals surface area contributed by atoms with Crippen molar-refractivity contribution in [2.75, 3.05) is 10.6 Å². The minimum Gasteiger partial charge on any atom is -0.478 e. The van der Waals surface area contributed by atoms with Gasteiger partial charge in [0.15, 0.2) is 11.6 Å². The molecule has 0 aromatic heterocycles. The van der Waals surface area contributed by atoms with Gasteiger partial charge in [0, 0.05) is 46.8 Å². The quantitative estimate of drug-likeness (QED) is 0.182. The standard InChI is InChI=1S/C32H24N2O8/c35-27(23-7-11-25(12-8-23)33-29(37)17-19-31(39)40)15-5-21-1-2-22(4-3-21)6-16-28(36)24-9-13-26(14-10-24)34-30(38)18-20-32(41)42/h1-20H,(H,33,37)(H,34,38)(H,39,40)(H,41,42)/b15-5-,16-6+,19-17-,20-18+.